The average Bonchev–Trinajstić information content (AvgIpc) is 2.16. The first-order valence-corrected chi connectivity index (χ1v) is 5.77. The molecule has 0 unspecified atom stereocenters. The van der Waals surface area contributed by atoms with E-state index in [1.54, 1.807) is 5.92 Å². The van der Waals surface area contributed by atoms with Crippen LogP contribution in [0.2, 0.25) is 0 Å². The molecule has 0 saturated heterocycles. The number of rotatable bonds is 9. The van der Waals surface area contributed by atoms with Gasteiger partial charge < -0.3 is 0 Å². The second-order valence-corrected chi connectivity index (χ2v) is 3.72. The van der Waals surface area contributed by atoms with Crippen molar-refractivity contribution in [1.82, 2.24) is 0 Å². The summed E-state index contributed by atoms with van der Waals surface area (Å²) < 4.78 is 0. The minimum atomic E-state index is 1.09. The van der Waals surface area contributed by atoms with Crippen molar-refractivity contribution in [3.05, 3.63) is 19.8 Å². The highest BCUT2D eigenvalue weighted by atomic mass is 14.1. The van der Waals surface area contributed by atoms with Gasteiger partial charge in [0.15, 0.2) is 0 Å². The molecular formula is C13H25+3. The molecule has 0 bridgehead atoms. The van der Waals surface area contributed by atoms with Crippen molar-refractivity contribution in [1.29, 1.82) is 0 Å². The molecule has 0 atom stereocenters. The van der Waals surface area contributed by atoms with Crippen LogP contribution in [0.5, 0.6) is 0 Å². The zero-order valence-corrected chi connectivity index (χ0v) is 9.28. The third kappa shape index (κ3) is 7.95. The molecule has 0 aliphatic heterocycles. The van der Waals surface area contributed by atoms with Crippen LogP contribution in [-0.2, 0) is 0 Å². The van der Waals surface area contributed by atoms with Crippen LogP contribution in [0.1, 0.15) is 64.7 Å². The van der Waals surface area contributed by atoms with Gasteiger partial charge in [-0.1, -0.05) is 0 Å². The van der Waals surface area contributed by atoms with Gasteiger partial charge in [-0.15, -0.1) is 0 Å². The summed E-state index contributed by atoms with van der Waals surface area (Å²) in [5.41, 5.74) is 0. The van der Waals surface area contributed by atoms with Gasteiger partial charge in [0, 0.05) is 0 Å². The molecule has 0 aliphatic carbocycles. The van der Waals surface area contributed by atoms with Crippen LogP contribution in [0.15, 0.2) is 0 Å². The summed E-state index contributed by atoms with van der Waals surface area (Å²) in [7, 11) is 0. The lowest BCUT2D eigenvalue weighted by atomic mass is 9.93. The summed E-state index contributed by atoms with van der Waals surface area (Å²) in [4.78, 5) is 0. The molecule has 0 aliphatic rings. The highest BCUT2D eigenvalue weighted by Gasteiger charge is 2.16. The second-order valence-electron chi connectivity index (χ2n) is 3.72. The molecule has 0 heterocycles. The van der Waals surface area contributed by atoms with Crippen molar-refractivity contribution < 1.29 is 0 Å². The Morgan fingerprint density at radius 2 is 1.31 bits per heavy atom. The molecule has 0 rings (SSSR count). The van der Waals surface area contributed by atoms with Gasteiger partial charge in [-0.3, -0.25) is 0 Å². The fourth-order valence-corrected chi connectivity index (χ4v) is 1.58. The first-order valence-electron chi connectivity index (χ1n) is 5.77. The molecule has 0 saturated carbocycles. The maximum absolute atomic E-state index is 3.87. The lowest BCUT2D eigenvalue weighted by molar-refractivity contribution is 0.587. The predicted molar refractivity (Wildman–Crippen MR) is 61.2 cm³/mol. The zero-order chi connectivity index (χ0) is 9.94. The van der Waals surface area contributed by atoms with Gasteiger partial charge in [0.1, 0.15) is 0 Å². The molecule has 0 aromatic heterocycles. The van der Waals surface area contributed by atoms with Crippen LogP contribution in [-0.4, -0.2) is 0 Å². The van der Waals surface area contributed by atoms with Crippen molar-refractivity contribution >= 4 is 0 Å². The van der Waals surface area contributed by atoms with E-state index in [9.17, 15) is 0 Å². The molecule has 0 spiro atoms. The van der Waals surface area contributed by atoms with E-state index in [-0.39, 0.29) is 0 Å². The molecule has 0 aromatic carbocycles. The highest BCUT2D eigenvalue weighted by molar-refractivity contribution is 4.87. The topological polar surface area (TPSA) is 0 Å². The molecule has 0 fully saturated rings. The Hall–Kier alpha value is -0.390. The maximum atomic E-state index is 3.87. The maximum Gasteiger partial charge on any atom is 0.0901 e. The third-order valence-electron chi connectivity index (χ3n) is 2.56. The minimum Gasteiger partial charge on any atom is -0.0242 e. The molecule has 0 aromatic rings. The lowest BCUT2D eigenvalue weighted by Gasteiger charge is -2.02. The van der Waals surface area contributed by atoms with Crippen LogP contribution in [0.25, 0.3) is 0 Å². The lowest BCUT2D eigenvalue weighted by Crippen LogP contribution is -1.96. The monoisotopic (exact) mass is 181 g/mol. The van der Waals surface area contributed by atoms with Crippen LogP contribution >= 0.6 is 0 Å². The molecule has 0 radical (unpaired) electrons. The Morgan fingerprint density at radius 1 is 0.846 bits per heavy atom. The Bertz CT molecular complexity index is 76.0. The first kappa shape index (κ1) is 12.6. The molecule has 0 amide bonds. The van der Waals surface area contributed by atoms with Gasteiger partial charge in [0.2, 0.25) is 0 Å². The predicted octanol–water partition coefficient (Wildman–Crippen LogP) is 4.76. The number of hydrogen-bond acceptors (Lipinski definition) is 0. The molecule has 0 heteroatoms. The summed E-state index contributed by atoms with van der Waals surface area (Å²) in [5.74, 6) is 1.75. The van der Waals surface area contributed by atoms with E-state index in [0.717, 1.165) is 12.8 Å². The standard InChI is InChI=1S/C13H25/c1-4-7-9-11-13(6-3)12-10-8-5-2/h1-2,4-12H2,3H3/q+3. The largest absolute Gasteiger partial charge is 0.0901 e. The van der Waals surface area contributed by atoms with E-state index in [0.29, 0.717) is 0 Å². The van der Waals surface area contributed by atoms with Gasteiger partial charge in [0.05, 0.1) is 51.9 Å². The average molecular weight is 181 g/mol. The van der Waals surface area contributed by atoms with Crippen LogP contribution in [0.4, 0.5) is 0 Å². The fraction of sp³-hybridized carbons (Fsp3) is 0.769. The van der Waals surface area contributed by atoms with Crippen LogP contribution < -0.4 is 0 Å². The smallest absolute Gasteiger partial charge is 0.0242 e. The third-order valence-corrected chi connectivity index (χ3v) is 2.56. The Labute approximate surface area is 85.1 Å². The normalized spacial score (nSPS) is 10.2. The van der Waals surface area contributed by atoms with Crippen molar-refractivity contribution in [2.45, 2.75) is 64.7 Å². The summed E-state index contributed by atoms with van der Waals surface area (Å²) in [5, 5.41) is 0. The van der Waals surface area contributed by atoms with Gasteiger partial charge >= 0.3 is 0 Å². The van der Waals surface area contributed by atoms with E-state index >= 15 is 0 Å². The molecule has 13 heavy (non-hydrogen) atoms. The van der Waals surface area contributed by atoms with E-state index in [4.69, 9.17) is 0 Å². The molecule has 0 nitrogen and oxygen atoms in total. The van der Waals surface area contributed by atoms with Gasteiger partial charge in [-0.2, -0.15) is 0 Å². The summed E-state index contributed by atoms with van der Waals surface area (Å²) >= 11 is 0. The Morgan fingerprint density at radius 3 is 1.62 bits per heavy atom. The van der Waals surface area contributed by atoms with Crippen molar-refractivity contribution in [2.24, 2.45) is 0 Å². The highest BCUT2D eigenvalue weighted by Crippen LogP contribution is 2.22. The molecule has 74 valence electrons. The second kappa shape index (κ2) is 9.70. The van der Waals surface area contributed by atoms with Gasteiger partial charge in [0.25, 0.3) is 0 Å². The van der Waals surface area contributed by atoms with E-state index < -0.39 is 0 Å². The molecular weight excluding hydrogens is 156 g/mol. The van der Waals surface area contributed by atoms with Crippen molar-refractivity contribution in [2.75, 3.05) is 0 Å². The summed E-state index contributed by atoms with van der Waals surface area (Å²) in [6.07, 6.45) is 11.4. The summed E-state index contributed by atoms with van der Waals surface area (Å²) in [6, 6.07) is 0. The van der Waals surface area contributed by atoms with E-state index in [1.165, 1.54) is 44.9 Å². The quantitative estimate of drug-likeness (QED) is 0.355. The van der Waals surface area contributed by atoms with Gasteiger partial charge in [-0.05, 0) is 32.6 Å². The van der Waals surface area contributed by atoms with Crippen LogP contribution in [0, 0.1) is 19.8 Å². The Kier molecular flexibility index (Phi) is 9.41. The van der Waals surface area contributed by atoms with Crippen LogP contribution in [0.3, 0.4) is 0 Å². The van der Waals surface area contributed by atoms with E-state index in [1.807, 2.05) is 0 Å². The fourth-order valence-electron chi connectivity index (χ4n) is 1.58. The molecule has 0 N–H and O–H groups in total. The van der Waals surface area contributed by atoms with Gasteiger partial charge in [-0.25, -0.2) is 0 Å². The SMILES string of the molecule is [CH2+]CCCC[C+](CC)CCCC[CH2+]. The number of hydrogen-bond donors (Lipinski definition) is 0. The first-order chi connectivity index (χ1) is 6.35. The van der Waals surface area contributed by atoms with E-state index in [2.05, 4.69) is 20.8 Å². The number of unbranched alkanes of at least 4 members (excludes halogenated alkanes) is 4. The minimum absolute atomic E-state index is 1.09. The van der Waals surface area contributed by atoms with Crippen molar-refractivity contribution in [3.8, 4) is 0 Å². The zero-order valence-electron chi connectivity index (χ0n) is 9.28. The summed E-state index contributed by atoms with van der Waals surface area (Å²) in [6.45, 7) is 10.0. The Balaban J connectivity index is 3.28. The van der Waals surface area contributed by atoms with Crippen molar-refractivity contribution in [3.63, 3.8) is 0 Å².